The van der Waals surface area contributed by atoms with Gasteiger partial charge in [-0.2, -0.15) is 0 Å². The van der Waals surface area contributed by atoms with Gasteiger partial charge in [-0.15, -0.1) is 0 Å². The Balaban J connectivity index is 1.62. The maximum absolute atomic E-state index is 5.94. The lowest BCUT2D eigenvalue weighted by molar-refractivity contribution is 0.291. The second-order valence-electron chi connectivity index (χ2n) is 6.97. The monoisotopic (exact) mass is 451 g/mol. The standard InChI is InChI=1S/C24H26BrN3O/c1-4-28(3)17-26-23-15-22(25)24(27-18(23)2)29-16-21-12-10-20(11-13-21)14-19-8-6-5-7-9-19/h5-13,15,17H,4,14,16H2,1-3H3/b26-17+. The smallest absolute Gasteiger partial charge is 0.228 e. The van der Waals surface area contributed by atoms with Gasteiger partial charge in [0.25, 0.3) is 0 Å². The Bertz CT molecular complexity index is 956. The molecular formula is C24H26BrN3O. The lowest BCUT2D eigenvalue weighted by Gasteiger charge is -2.11. The van der Waals surface area contributed by atoms with Crippen LogP contribution in [0.1, 0.15) is 29.3 Å². The summed E-state index contributed by atoms with van der Waals surface area (Å²) < 4.78 is 6.74. The van der Waals surface area contributed by atoms with E-state index in [1.807, 2.05) is 37.3 Å². The van der Waals surface area contributed by atoms with Gasteiger partial charge < -0.3 is 9.64 Å². The molecule has 0 atom stereocenters. The number of pyridine rings is 1. The maximum Gasteiger partial charge on any atom is 0.228 e. The minimum atomic E-state index is 0.470. The fraction of sp³-hybridized carbons (Fsp3) is 0.250. The number of hydrogen-bond donors (Lipinski definition) is 0. The van der Waals surface area contributed by atoms with Crippen molar-refractivity contribution in [1.82, 2.24) is 9.88 Å². The topological polar surface area (TPSA) is 37.7 Å². The Morgan fingerprint density at radius 3 is 2.38 bits per heavy atom. The van der Waals surface area contributed by atoms with Crippen LogP contribution in [0.4, 0.5) is 5.69 Å². The number of hydrogen-bond acceptors (Lipinski definition) is 3. The summed E-state index contributed by atoms with van der Waals surface area (Å²) in [4.78, 5) is 11.1. The third-order valence-corrected chi connectivity index (χ3v) is 5.22. The highest BCUT2D eigenvalue weighted by Gasteiger charge is 2.09. The predicted octanol–water partition coefficient (Wildman–Crippen LogP) is 5.93. The van der Waals surface area contributed by atoms with E-state index in [-0.39, 0.29) is 0 Å². The Kier molecular flexibility index (Phi) is 7.42. The van der Waals surface area contributed by atoms with Crippen molar-refractivity contribution in [3.63, 3.8) is 0 Å². The van der Waals surface area contributed by atoms with Crippen LogP contribution >= 0.6 is 15.9 Å². The molecule has 3 rings (SSSR count). The molecule has 0 saturated carbocycles. The molecule has 150 valence electrons. The average molecular weight is 452 g/mol. The van der Waals surface area contributed by atoms with Crippen LogP contribution in [0.15, 0.2) is 70.1 Å². The molecule has 0 radical (unpaired) electrons. The van der Waals surface area contributed by atoms with Crippen molar-refractivity contribution in [2.45, 2.75) is 26.9 Å². The van der Waals surface area contributed by atoms with Crippen LogP contribution in [-0.4, -0.2) is 29.8 Å². The van der Waals surface area contributed by atoms with E-state index in [1.165, 1.54) is 11.1 Å². The average Bonchev–Trinajstić information content (AvgIpc) is 2.74. The third-order valence-electron chi connectivity index (χ3n) is 4.65. The summed E-state index contributed by atoms with van der Waals surface area (Å²) >= 11 is 3.55. The zero-order valence-electron chi connectivity index (χ0n) is 17.1. The minimum absolute atomic E-state index is 0.470. The Morgan fingerprint density at radius 2 is 1.69 bits per heavy atom. The van der Waals surface area contributed by atoms with Crippen LogP contribution in [-0.2, 0) is 13.0 Å². The summed E-state index contributed by atoms with van der Waals surface area (Å²) in [5.41, 5.74) is 5.37. The van der Waals surface area contributed by atoms with Crippen LogP contribution in [0.5, 0.6) is 5.88 Å². The molecule has 3 aromatic rings. The molecular weight excluding hydrogens is 426 g/mol. The summed E-state index contributed by atoms with van der Waals surface area (Å²) in [6.07, 6.45) is 2.75. The zero-order valence-corrected chi connectivity index (χ0v) is 18.7. The molecule has 0 amide bonds. The van der Waals surface area contributed by atoms with Gasteiger partial charge in [-0.1, -0.05) is 54.6 Å². The highest BCUT2D eigenvalue weighted by Crippen LogP contribution is 2.30. The van der Waals surface area contributed by atoms with Crippen molar-refractivity contribution in [1.29, 1.82) is 0 Å². The van der Waals surface area contributed by atoms with Crippen LogP contribution in [0.3, 0.4) is 0 Å². The van der Waals surface area contributed by atoms with Gasteiger partial charge in [-0.25, -0.2) is 9.98 Å². The lowest BCUT2D eigenvalue weighted by atomic mass is 10.0. The SMILES string of the molecule is CCN(C)/C=N/c1cc(Br)c(OCc2ccc(Cc3ccccc3)cc2)nc1C. The first-order valence-corrected chi connectivity index (χ1v) is 10.5. The molecule has 0 unspecified atom stereocenters. The first-order valence-electron chi connectivity index (χ1n) is 9.71. The molecule has 4 nitrogen and oxygen atoms in total. The molecule has 1 heterocycles. The van der Waals surface area contributed by atoms with Gasteiger partial charge in [0.2, 0.25) is 5.88 Å². The van der Waals surface area contributed by atoms with E-state index >= 15 is 0 Å². The van der Waals surface area contributed by atoms with E-state index in [0.717, 1.165) is 34.4 Å². The molecule has 1 aromatic heterocycles. The third kappa shape index (κ3) is 6.16. The molecule has 0 aliphatic carbocycles. The van der Waals surface area contributed by atoms with Crippen LogP contribution in [0.25, 0.3) is 0 Å². The van der Waals surface area contributed by atoms with Gasteiger partial charge in [0.15, 0.2) is 0 Å². The van der Waals surface area contributed by atoms with E-state index in [1.54, 1.807) is 0 Å². The molecule has 5 heteroatoms. The molecule has 0 bridgehead atoms. The van der Waals surface area contributed by atoms with E-state index in [0.29, 0.717) is 12.5 Å². The number of ether oxygens (including phenoxy) is 1. The fourth-order valence-corrected chi connectivity index (χ4v) is 3.18. The highest BCUT2D eigenvalue weighted by atomic mass is 79.9. The molecule has 0 N–H and O–H groups in total. The van der Waals surface area contributed by atoms with Gasteiger partial charge in [-0.3, -0.25) is 0 Å². The lowest BCUT2D eigenvalue weighted by Crippen LogP contribution is -2.14. The summed E-state index contributed by atoms with van der Waals surface area (Å²) in [6.45, 7) is 5.40. The summed E-state index contributed by atoms with van der Waals surface area (Å²) in [6, 6.07) is 21.0. The summed E-state index contributed by atoms with van der Waals surface area (Å²) in [5, 5.41) is 0. The Morgan fingerprint density at radius 1 is 1.03 bits per heavy atom. The molecule has 0 fully saturated rings. The van der Waals surface area contributed by atoms with Crippen molar-refractivity contribution in [3.05, 3.63) is 87.5 Å². The number of aromatic nitrogens is 1. The minimum Gasteiger partial charge on any atom is -0.472 e. The fourth-order valence-electron chi connectivity index (χ4n) is 2.76. The quantitative estimate of drug-likeness (QED) is 0.314. The van der Waals surface area contributed by atoms with Crippen LogP contribution < -0.4 is 4.74 Å². The molecule has 0 saturated heterocycles. The van der Waals surface area contributed by atoms with Crippen molar-refractivity contribution in [2.24, 2.45) is 4.99 Å². The second kappa shape index (κ2) is 10.2. The second-order valence-corrected chi connectivity index (χ2v) is 7.82. The molecule has 2 aromatic carbocycles. The maximum atomic E-state index is 5.94. The first-order chi connectivity index (χ1) is 14.0. The number of halogens is 1. The van der Waals surface area contributed by atoms with E-state index in [2.05, 4.69) is 81.4 Å². The zero-order chi connectivity index (χ0) is 20.6. The van der Waals surface area contributed by atoms with Crippen molar-refractivity contribution < 1.29 is 4.74 Å². The van der Waals surface area contributed by atoms with E-state index in [9.17, 15) is 0 Å². The summed E-state index contributed by atoms with van der Waals surface area (Å²) in [5.74, 6) is 0.582. The predicted molar refractivity (Wildman–Crippen MR) is 123 cm³/mol. The molecule has 29 heavy (non-hydrogen) atoms. The van der Waals surface area contributed by atoms with Crippen LogP contribution in [0.2, 0.25) is 0 Å². The van der Waals surface area contributed by atoms with E-state index in [4.69, 9.17) is 4.74 Å². The van der Waals surface area contributed by atoms with Crippen molar-refractivity contribution >= 4 is 28.0 Å². The highest BCUT2D eigenvalue weighted by molar-refractivity contribution is 9.10. The van der Waals surface area contributed by atoms with Gasteiger partial charge in [-0.05, 0) is 59.0 Å². The number of benzene rings is 2. The van der Waals surface area contributed by atoms with Crippen LogP contribution in [0, 0.1) is 6.92 Å². The number of aliphatic imine (C=N–C) groups is 1. The summed E-state index contributed by atoms with van der Waals surface area (Å²) in [7, 11) is 1.99. The van der Waals surface area contributed by atoms with Gasteiger partial charge in [0, 0.05) is 13.6 Å². The largest absolute Gasteiger partial charge is 0.472 e. The normalized spacial score (nSPS) is 11.0. The Labute approximate surface area is 181 Å². The van der Waals surface area contributed by atoms with Gasteiger partial charge in [0.1, 0.15) is 6.61 Å². The first kappa shape index (κ1) is 21.1. The van der Waals surface area contributed by atoms with Gasteiger partial charge >= 0.3 is 0 Å². The van der Waals surface area contributed by atoms with Crippen molar-refractivity contribution in [2.75, 3.05) is 13.6 Å². The molecule has 0 aliphatic heterocycles. The number of rotatable bonds is 8. The number of aryl methyl sites for hydroxylation is 1. The van der Waals surface area contributed by atoms with Gasteiger partial charge in [0.05, 0.1) is 22.2 Å². The van der Waals surface area contributed by atoms with Crippen molar-refractivity contribution in [3.8, 4) is 5.88 Å². The Hall–Kier alpha value is -2.66. The molecule has 0 spiro atoms. The molecule has 0 aliphatic rings. The number of nitrogens with zero attached hydrogens (tertiary/aromatic N) is 3. The van der Waals surface area contributed by atoms with E-state index < -0.39 is 0 Å².